The molecule has 0 radical (unpaired) electrons. The zero-order chi connectivity index (χ0) is 13.1. The third kappa shape index (κ3) is 5.35. The lowest BCUT2D eigenvalue weighted by Crippen LogP contribution is -1.88. The molecule has 0 bridgehead atoms. The average molecular weight is 244 g/mol. The maximum atomic E-state index is 10.3. The summed E-state index contributed by atoms with van der Waals surface area (Å²) < 4.78 is 0. The molecular formula is C14H16N2O2. The first-order chi connectivity index (χ1) is 8.88. The lowest BCUT2D eigenvalue weighted by molar-refractivity contribution is 0.560. The summed E-state index contributed by atoms with van der Waals surface area (Å²) in [6.45, 7) is 0.565. The molecule has 4 nitrogen and oxygen atoms in total. The van der Waals surface area contributed by atoms with E-state index in [-0.39, 0.29) is 0 Å². The van der Waals surface area contributed by atoms with E-state index in [0.717, 1.165) is 37.7 Å². The van der Waals surface area contributed by atoms with Crippen LogP contribution < -0.4 is 0 Å². The second-order valence-electron chi connectivity index (χ2n) is 3.97. The summed E-state index contributed by atoms with van der Waals surface area (Å²) in [4.78, 5) is 27.3. The van der Waals surface area contributed by atoms with E-state index < -0.39 is 0 Å². The zero-order valence-electron chi connectivity index (χ0n) is 10.3. The number of hydrogen-bond acceptors (Lipinski definition) is 4. The molecule has 94 valence electrons. The molecule has 0 atom stereocenters. The summed E-state index contributed by atoms with van der Waals surface area (Å²) in [5.74, 6) is 0. The molecule has 18 heavy (non-hydrogen) atoms. The topological polar surface area (TPSA) is 58.9 Å². The third-order valence-corrected chi connectivity index (χ3v) is 2.69. The lowest BCUT2D eigenvalue weighted by Gasteiger charge is -2.03. The summed E-state index contributed by atoms with van der Waals surface area (Å²) in [6.07, 6.45) is 8.09. The van der Waals surface area contributed by atoms with E-state index in [0.29, 0.717) is 12.2 Å². The van der Waals surface area contributed by atoms with Crippen LogP contribution in [0.15, 0.2) is 34.3 Å². The number of nitrogens with zero attached hydrogens (tertiary/aromatic N) is 2. The molecule has 0 aromatic heterocycles. The second-order valence-corrected chi connectivity index (χ2v) is 3.97. The van der Waals surface area contributed by atoms with Crippen molar-refractivity contribution in [2.75, 3.05) is 6.54 Å². The summed E-state index contributed by atoms with van der Waals surface area (Å²) in [6, 6.07) is 7.60. The van der Waals surface area contributed by atoms with Crippen LogP contribution in [0.4, 0.5) is 5.69 Å². The van der Waals surface area contributed by atoms with Crippen LogP contribution in [0.25, 0.3) is 0 Å². The molecular weight excluding hydrogens is 228 g/mol. The number of aliphatic imine (C=N–C) groups is 2. The normalized spacial score (nSPS) is 9.33. The fourth-order valence-corrected chi connectivity index (χ4v) is 1.79. The van der Waals surface area contributed by atoms with E-state index in [4.69, 9.17) is 0 Å². The molecule has 0 amide bonds. The van der Waals surface area contributed by atoms with Gasteiger partial charge in [0.05, 0.1) is 12.2 Å². The van der Waals surface area contributed by atoms with Crippen molar-refractivity contribution < 1.29 is 9.59 Å². The van der Waals surface area contributed by atoms with Crippen LogP contribution in [0, 0.1) is 0 Å². The first-order valence-corrected chi connectivity index (χ1v) is 6.08. The van der Waals surface area contributed by atoms with Gasteiger partial charge in [-0.25, -0.2) is 14.6 Å². The number of benzene rings is 1. The standard InChI is InChI=1S/C14H16N2O2/c17-11-15-10-6-2-1-3-7-13-8-4-5-9-14(13)16-12-18/h4-5,8-9H,1-3,6-7,10H2. The monoisotopic (exact) mass is 244 g/mol. The van der Waals surface area contributed by atoms with Crippen LogP contribution in [0.3, 0.4) is 0 Å². The predicted octanol–water partition coefficient (Wildman–Crippen LogP) is 3.09. The highest BCUT2D eigenvalue weighted by molar-refractivity contribution is 5.53. The molecule has 0 aliphatic heterocycles. The predicted molar refractivity (Wildman–Crippen MR) is 69.4 cm³/mol. The molecule has 0 fully saturated rings. The second kappa shape index (κ2) is 9.06. The van der Waals surface area contributed by atoms with Crippen LogP contribution in [0.5, 0.6) is 0 Å². The van der Waals surface area contributed by atoms with Crippen molar-refractivity contribution in [2.45, 2.75) is 32.1 Å². The van der Waals surface area contributed by atoms with Gasteiger partial charge in [0, 0.05) is 0 Å². The number of unbranched alkanes of at least 4 members (excludes halogenated alkanes) is 3. The van der Waals surface area contributed by atoms with Crippen LogP contribution >= 0.6 is 0 Å². The van der Waals surface area contributed by atoms with Crippen molar-refractivity contribution in [2.24, 2.45) is 9.98 Å². The molecule has 0 N–H and O–H groups in total. The molecule has 0 saturated heterocycles. The van der Waals surface area contributed by atoms with E-state index in [9.17, 15) is 9.59 Å². The van der Waals surface area contributed by atoms with Gasteiger partial charge in [-0.3, -0.25) is 0 Å². The molecule has 0 saturated carbocycles. The number of rotatable bonds is 8. The number of isocyanates is 2. The van der Waals surface area contributed by atoms with Crippen LogP contribution in [0.2, 0.25) is 0 Å². The highest BCUT2D eigenvalue weighted by atomic mass is 16.1. The zero-order valence-corrected chi connectivity index (χ0v) is 10.3. The Morgan fingerprint density at radius 2 is 1.72 bits per heavy atom. The smallest absolute Gasteiger partial charge is 0.211 e. The lowest BCUT2D eigenvalue weighted by atomic mass is 10.0. The highest BCUT2D eigenvalue weighted by Crippen LogP contribution is 2.20. The van der Waals surface area contributed by atoms with Gasteiger partial charge >= 0.3 is 0 Å². The van der Waals surface area contributed by atoms with Gasteiger partial charge in [-0.2, -0.15) is 4.99 Å². The van der Waals surface area contributed by atoms with E-state index in [1.807, 2.05) is 24.3 Å². The number of hydrogen-bond donors (Lipinski definition) is 0. The quantitative estimate of drug-likeness (QED) is 0.401. The van der Waals surface area contributed by atoms with Crippen LogP contribution in [0.1, 0.15) is 31.2 Å². The fraction of sp³-hybridized carbons (Fsp3) is 0.429. The Bertz CT molecular complexity index is 459. The minimum absolute atomic E-state index is 0.565. The molecule has 4 heteroatoms. The maximum absolute atomic E-state index is 10.3. The first kappa shape index (κ1) is 14.0. The Hall–Kier alpha value is -2.02. The van der Waals surface area contributed by atoms with Crippen molar-refractivity contribution in [3.05, 3.63) is 29.8 Å². The largest absolute Gasteiger partial charge is 0.240 e. The van der Waals surface area contributed by atoms with Gasteiger partial charge in [0.1, 0.15) is 0 Å². The minimum Gasteiger partial charge on any atom is -0.211 e. The number of para-hydroxylation sites is 1. The van der Waals surface area contributed by atoms with Crippen LogP contribution in [-0.2, 0) is 16.0 Å². The van der Waals surface area contributed by atoms with Crippen molar-refractivity contribution in [1.29, 1.82) is 0 Å². The van der Waals surface area contributed by atoms with Gasteiger partial charge in [-0.15, -0.1) is 0 Å². The van der Waals surface area contributed by atoms with Crippen molar-refractivity contribution in [3.8, 4) is 0 Å². The Labute approximate surface area is 106 Å². The van der Waals surface area contributed by atoms with E-state index in [1.165, 1.54) is 6.08 Å². The average Bonchev–Trinajstić information content (AvgIpc) is 2.40. The molecule has 1 aromatic rings. The third-order valence-electron chi connectivity index (χ3n) is 2.69. The Morgan fingerprint density at radius 3 is 2.50 bits per heavy atom. The summed E-state index contributed by atoms with van der Waals surface area (Å²) in [5, 5.41) is 0. The molecule has 1 rings (SSSR count). The summed E-state index contributed by atoms with van der Waals surface area (Å²) >= 11 is 0. The van der Waals surface area contributed by atoms with Gasteiger partial charge in [0.2, 0.25) is 12.2 Å². The van der Waals surface area contributed by atoms with E-state index in [1.54, 1.807) is 6.08 Å². The molecule has 0 unspecified atom stereocenters. The SMILES string of the molecule is O=C=NCCCCCCc1ccccc1N=C=O. The van der Waals surface area contributed by atoms with Crippen LogP contribution in [-0.4, -0.2) is 18.7 Å². The molecule has 0 aliphatic rings. The Kier molecular flexibility index (Phi) is 7.07. The number of aryl methyl sites for hydroxylation is 1. The van der Waals surface area contributed by atoms with E-state index in [2.05, 4.69) is 9.98 Å². The van der Waals surface area contributed by atoms with Gasteiger partial charge < -0.3 is 0 Å². The summed E-state index contributed by atoms with van der Waals surface area (Å²) in [7, 11) is 0. The van der Waals surface area contributed by atoms with Gasteiger partial charge in [0.15, 0.2) is 0 Å². The van der Waals surface area contributed by atoms with Gasteiger partial charge in [-0.05, 0) is 30.9 Å². The Morgan fingerprint density at radius 1 is 0.944 bits per heavy atom. The van der Waals surface area contributed by atoms with Crippen molar-refractivity contribution in [1.82, 2.24) is 0 Å². The van der Waals surface area contributed by atoms with Crippen molar-refractivity contribution >= 4 is 17.8 Å². The fourth-order valence-electron chi connectivity index (χ4n) is 1.79. The first-order valence-electron chi connectivity index (χ1n) is 6.08. The van der Waals surface area contributed by atoms with E-state index >= 15 is 0 Å². The molecule has 1 aromatic carbocycles. The maximum Gasteiger partial charge on any atom is 0.240 e. The molecule has 0 spiro atoms. The molecule has 0 aliphatic carbocycles. The van der Waals surface area contributed by atoms with Gasteiger partial charge in [0.25, 0.3) is 0 Å². The minimum atomic E-state index is 0.565. The highest BCUT2D eigenvalue weighted by Gasteiger charge is 2.00. The van der Waals surface area contributed by atoms with Gasteiger partial charge in [-0.1, -0.05) is 31.0 Å². The summed E-state index contributed by atoms with van der Waals surface area (Å²) in [5.41, 5.74) is 1.78. The van der Waals surface area contributed by atoms with Crippen molar-refractivity contribution in [3.63, 3.8) is 0 Å². The number of carbonyl (C=O) groups excluding carboxylic acids is 2. The Balaban J connectivity index is 2.30. The molecule has 0 heterocycles.